The molecule has 1 atom stereocenters. The van der Waals surface area contributed by atoms with Gasteiger partial charge in [-0.1, -0.05) is 29.8 Å². The number of hydrogen-bond acceptors (Lipinski definition) is 2. The summed E-state index contributed by atoms with van der Waals surface area (Å²) in [6.45, 7) is 3.31. The number of carbonyl (C=O) groups is 1. The summed E-state index contributed by atoms with van der Waals surface area (Å²) in [6, 6.07) is 12.4. The lowest BCUT2D eigenvalue weighted by Gasteiger charge is -2.32. The van der Waals surface area contributed by atoms with Crippen molar-refractivity contribution in [3.8, 4) is 0 Å². The van der Waals surface area contributed by atoms with E-state index in [-0.39, 0.29) is 18.7 Å². The molecule has 7 heteroatoms. The summed E-state index contributed by atoms with van der Waals surface area (Å²) in [5.41, 5.74) is 1.86. The molecule has 1 saturated heterocycles. The fourth-order valence-electron chi connectivity index (χ4n) is 3.10. The summed E-state index contributed by atoms with van der Waals surface area (Å²) >= 11 is 0. The number of halogens is 3. The first-order valence-corrected chi connectivity index (χ1v) is 9.21. The lowest BCUT2D eigenvalue weighted by molar-refractivity contribution is -0.137. The van der Waals surface area contributed by atoms with Gasteiger partial charge in [-0.15, -0.1) is 0 Å². The van der Waals surface area contributed by atoms with E-state index in [0.717, 1.165) is 36.2 Å². The topological polar surface area (TPSA) is 41.6 Å². The van der Waals surface area contributed by atoms with E-state index in [1.54, 1.807) is 4.90 Å². The van der Waals surface area contributed by atoms with Gasteiger partial charge in [-0.2, -0.15) is 13.2 Å². The number of alkyl halides is 3. The van der Waals surface area contributed by atoms with Crippen molar-refractivity contribution in [2.45, 2.75) is 38.7 Å². The highest BCUT2D eigenvalue weighted by atomic mass is 19.4. The second-order valence-corrected chi connectivity index (χ2v) is 7.01. The van der Waals surface area contributed by atoms with Crippen LogP contribution in [-0.2, 0) is 17.5 Å². The van der Waals surface area contributed by atoms with Crippen molar-refractivity contribution in [1.82, 2.24) is 4.90 Å². The Morgan fingerprint density at radius 1 is 1.14 bits per heavy atom. The number of benzene rings is 2. The van der Waals surface area contributed by atoms with Gasteiger partial charge in [-0.3, -0.25) is 0 Å². The van der Waals surface area contributed by atoms with Crippen molar-refractivity contribution in [2.75, 3.05) is 18.4 Å². The van der Waals surface area contributed by atoms with E-state index in [1.807, 2.05) is 31.2 Å². The van der Waals surface area contributed by atoms with Crippen LogP contribution in [0.2, 0.25) is 0 Å². The minimum atomic E-state index is -4.34. The number of anilines is 1. The summed E-state index contributed by atoms with van der Waals surface area (Å²) in [4.78, 5) is 14.2. The summed E-state index contributed by atoms with van der Waals surface area (Å²) < 4.78 is 43.7. The minimum absolute atomic E-state index is 0.139. The van der Waals surface area contributed by atoms with Crippen LogP contribution >= 0.6 is 0 Å². The van der Waals surface area contributed by atoms with E-state index >= 15 is 0 Å². The molecule has 1 aliphatic rings. The van der Waals surface area contributed by atoms with Crippen LogP contribution in [0, 0.1) is 6.92 Å². The Bertz CT molecular complexity index is 789. The lowest BCUT2D eigenvalue weighted by atomic mass is 10.1. The lowest BCUT2D eigenvalue weighted by Crippen LogP contribution is -2.45. The molecule has 1 N–H and O–H groups in total. The molecule has 0 saturated carbocycles. The first kappa shape index (κ1) is 20.2. The quantitative estimate of drug-likeness (QED) is 0.774. The van der Waals surface area contributed by atoms with E-state index in [4.69, 9.17) is 4.74 Å². The first-order valence-electron chi connectivity index (χ1n) is 9.21. The molecular formula is C21H23F3N2O2. The number of aryl methyl sites for hydroxylation is 1. The average Bonchev–Trinajstić information content (AvgIpc) is 2.68. The number of nitrogens with zero attached hydrogens (tertiary/aromatic N) is 1. The number of amides is 2. The van der Waals surface area contributed by atoms with E-state index in [0.29, 0.717) is 18.7 Å². The van der Waals surface area contributed by atoms with Gasteiger partial charge in [0.05, 0.1) is 18.3 Å². The molecule has 0 spiro atoms. The van der Waals surface area contributed by atoms with Crippen molar-refractivity contribution in [3.05, 3.63) is 65.2 Å². The number of hydrogen-bond donors (Lipinski definition) is 1. The van der Waals surface area contributed by atoms with E-state index in [2.05, 4.69) is 5.32 Å². The Morgan fingerprint density at radius 2 is 1.82 bits per heavy atom. The molecule has 1 heterocycles. The maximum atomic E-state index is 12.6. The molecule has 0 aromatic heterocycles. The van der Waals surface area contributed by atoms with E-state index in [9.17, 15) is 18.0 Å². The monoisotopic (exact) mass is 392 g/mol. The molecule has 0 aliphatic carbocycles. The van der Waals surface area contributed by atoms with Crippen LogP contribution < -0.4 is 5.32 Å². The third-order valence-electron chi connectivity index (χ3n) is 4.74. The summed E-state index contributed by atoms with van der Waals surface area (Å²) in [5.74, 6) is 0. The molecule has 3 rings (SSSR count). The predicted octanol–water partition coefficient (Wildman–Crippen LogP) is 5.23. The number of rotatable bonds is 4. The maximum Gasteiger partial charge on any atom is 0.416 e. The molecule has 4 nitrogen and oxygen atoms in total. The van der Waals surface area contributed by atoms with Crippen molar-refractivity contribution in [1.29, 1.82) is 0 Å². The maximum absolute atomic E-state index is 12.6. The number of nitrogens with one attached hydrogen (secondary N) is 1. The number of piperidine rings is 1. The van der Waals surface area contributed by atoms with Gasteiger partial charge in [0.15, 0.2) is 0 Å². The molecule has 150 valence electrons. The molecule has 0 bridgehead atoms. The molecular weight excluding hydrogens is 369 g/mol. The molecule has 2 aromatic carbocycles. The van der Waals surface area contributed by atoms with Crippen molar-refractivity contribution < 1.29 is 22.7 Å². The van der Waals surface area contributed by atoms with E-state index < -0.39 is 11.7 Å². The van der Waals surface area contributed by atoms with Crippen molar-refractivity contribution >= 4 is 11.7 Å². The Balaban J connectivity index is 1.50. The van der Waals surface area contributed by atoms with Crippen LogP contribution in [0.15, 0.2) is 48.5 Å². The molecule has 28 heavy (non-hydrogen) atoms. The molecule has 2 aromatic rings. The standard InChI is InChI=1S/C21H23F3N2O2/c1-15-4-10-18(11-5-15)25-20(27)26-12-2-3-19(13-26)28-14-16-6-8-17(9-7-16)21(22,23)24/h4-11,19H,2-3,12-14H2,1H3,(H,25,27)/t19-/m1/s1. The second-order valence-electron chi connectivity index (χ2n) is 7.01. The Kier molecular flexibility index (Phi) is 6.24. The molecule has 1 fully saturated rings. The Labute approximate surface area is 162 Å². The van der Waals surface area contributed by atoms with Crippen LogP contribution in [0.3, 0.4) is 0 Å². The first-order chi connectivity index (χ1) is 13.3. The number of urea groups is 1. The summed E-state index contributed by atoms with van der Waals surface area (Å²) in [7, 11) is 0. The molecule has 0 radical (unpaired) electrons. The highest BCUT2D eigenvalue weighted by molar-refractivity contribution is 5.89. The smallest absolute Gasteiger partial charge is 0.372 e. The third-order valence-corrected chi connectivity index (χ3v) is 4.74. The average molecular weight is 392 g/mol. The fraction of sp³-hybridized carbons (Fsp3) is 0.381. The Morgan fingerprint density at radius 3 is 2.46 bits per heavy atom. The third kappa shape index (κ3) is 5.48. The minimum Gasteiger partial charge on any atom is -0.372 e. The van der Waals surface area contributed by atoms with Gasteiger partial charge in [-0.25, -0.2) is 4.79 Å². The fourth-order valence-corrected chi connectivity index (χ4v) is 3.10. The van der Waals surface area contributed by atoms with Crippen LogP contribution in [0.5, 0.6) is 0 Å². The number of likely N-dealkylation sites (tertiary alicyclic amines) is 1. The highest BCUT2D eigenvalue weighted by Crippen LogP contribution is 2.29. The van der Waals surface area contributed by atoms with Crippen molar-refractivity contribution in [2.24, 2.45) is 0 Å². The van der Waals surface area contributed by atoms with Gasteiger partial charge in [0.25, 0.3) is 0 Å². The van der Waals surface area contributed by atoms with Crippen molar-refractivity contribution in [3.63, 3.8) is 0 Å². The van der Waals surface area contributed by atoms with Crippen LogP contribution in [-0.4, -0.2) is 30.1 Å². The summed E-state index contributed by atoms with van der Waals surface area (Å²) in [6.07, 6.45) is -2.85. The van der Waals surface area contributed by atoms with E-state index in [1.165, 1.54) is 12.1 Å². The van der Waals surface area contributed by atoms with Gasteiger partial charge in [0, 0.05) is 18.8 Å². The largest absolute Gasteiger partial charge is 0.416 e. The van der Waals surface area contributed by atoms with Gasteiger partial charge < -0.3 is 15.0 Å². The molecule has 2 amide bonds. The second kappa shape index (κ2) is 8.65. The van der Waals surface area contributed by atoms with Gasteiger partial charge >= 0.3 is 12.2 Å². The zero-order valence-corrected chi connectivity index (χ0v) is 15.6. The van der Waals surface area contributed by atoms with Gasteiger partial charge in [0.1, 0.15) is 0 Å². The zero-order valence-electron chi connectivity index (χ0n) is 15.6. The summed E-state index contributed by atoms with van der Waals surface area (Å²) in [5, 5.41) is 2.88. The van der Waals surface area contributed by atoms with Crippen LogP contribution in [0.4, 0.5) is 23.7 Å². The van der Waals surface area contributed by atoms with Gasteiger partial charge in [0.2, 0.25) is 0 Å². The molecule has 0 unspecified atom stereocenters. The molecule has 1 aliphatic heterocycles. The Hall–Kier alpha value is -2.54. The van der Waals surface area contributed by atoms with Gasteiger partial charge in [-0.05, 0) is 49.6 Å². The normalized spacial score (nSPS) is 17.4. The predicted molar refractivity (Wildman–Crippen MR) is 101 cm³/mol. The zero-order chi connectivity index (χ0) is 20.1. The van der Waals surface area contributed by atoms with Crippen LogP contribution in [0.25, 0.3) is 0 Å². The number of carbonyl (C=O) groups excluding carboxylic acids is 1. The highest BCUT2D eigenvalue weighted by Gasteiger charge is 2.30. The van der Waals surface area contributed by atoms with Crippen LogP contribution in [0.1, 0.15) is 29.5 Å². The number of ether oxygens (including phenoxy) is 1. The SMILES string of the molecule is Cc1ccc(NC(=O)N2CCC[C@@H](OCc3ccc(C(F)(F)F)cc3)C2)cc1.